The standard InChI is InChI=1S/C21H21N3O3S/c1-14-18(12-15-8-4-3-5-9-15)24-21(22-14)28-13-19(25)23-17-11-7-6-10-16(17)20(26)27-2/h3-11H,12-13H2,1-2H3,(H,22,24)(H,23,25). The summed E-state index contributed by atoms with van der Waals surface area (Å²) < 4.78 is 4.74. The number of imidazole rings is 1. The number of nitrogens with zero attached hydrogens (tertiary/aromatic N) is 1. The van der Waals surface area contributed by atoms with Crippen LogP contribution in [0.25, 0.3) is 0 Å². The topological polar surface area (TPSA) is 84.1 Å². The number of hydrogen-bond acceptors (Lipinski definition) is 5. The number of thioether (sulfide) groups is 1. The number of aryl methyl sites for hydroxylation is 1. The SMILES string of the molecule is COC(=O)c1ccccc1NC(=O)CSc1nc(Cc2ccccc2)c(C)[nH]1. The number of aromatic nitrogens is 2. The van der Waals surface area contributed by atoms with Crippen molar-refractivity contribution in [2.45, 2.75) is 18.5 Å². The molecule has 3 aromatic rings. The summed E-state index contributed by atoms with van der Waals surface area (Å²) in [5.74, 6) is -0.538. The molecule has 0 atom stereocenters. The molecule has 6 nitrogen and oxygen atoms in total. The van der Waals surface area contributed by atoms with Crippen molar-refractivity contribution in [1.29, 1.82) is 0 Å². The molecule has 1 amide bonds. The van der Waals surface area contributed by atoms with Crippen LogP contribution in [0.15, 0.2) is 59.8 Å². The Balaban J connectivity index is 1.60. The number of methoxy groups -OCH3 is 1. The lowest BCUT2D eigenvalue weighted by Gasteiger charge is -2.09. The number of carbonyl (C=O) groups is 2. The summed E-state index contributed by atoms with van der Waals surface area (Å²) in [6, 6.07) is 16.9. The van der Waals surface area contributed by atoms with E-state index in [-0.39, 0.29) is 11.7 Å². The van der Waals surface area contributed by atoms with E-state index in [9.17, 15) is 9.59 Å². The fraction of sp³-hybridized carbons (Fsp3) is 0.190. The molecule has 0 saturated carbocycles. The number of amides is 1. The van der Waals surface area contributed by atoms with Crippen LogP contribution in [0.4, 0.5) is 5.69 Å². The Morgan fingerprint density at radius 2 is 1.82 bits per heavy atom. The number of hydrogen-bond donors (Lipinski definition) is 2. The van der Waals surface area contributed by atoms with Crippen molar-refractivity contribution < 1.29 is 14.3 Å². The molecular formula is C21H21N3O3S. The van der Waals surface area contributed by atoms with E-state index in [0.717, 1.165) is 17.8 Å². The number of H-pyrrole nitrogens is 1. The van der Waals surface area contributed by atoms with Gasteiger partial charge in [-0.2, -0.15) is 0 Å². The van der Waals surface area contributed by atoms with E-state index >= 15 is 0 Å². The third-order valence-corrected chi connectivity index (χ3v) is 5.00. The van der Waals surface area contributed by atoms with E-state index in [4.69, 9.17) is 4.74 Å². The maximum atomic E-state index is 12.3. The molecule has 1 heterocycles. The van der Waals surface area contributed by atoms with Gasteiger partial charge in [0.1, 0.15) is 0 Å². The summed E-state index contributed by atoms with van der Waals surface area (Å²) in [6.07, 6.45) is 0.739. The lowest BCUT2D eigenvalue weighted by molar-refractivity contribution is -0.113. The van der Waals surface area contributed by atoms with Gasteiger partial charge in [-0.3, -0.25) is 4.79 Å². The second kappa shape index (κ2) is 9.23. The Morgan fingerprint density at radius 3 is 2.57 bits per heavy atom. The molecule has 7 heteroatoms. The molecular weight excluding hydrogens is 374 g/mol. The number of benzene rings is 2. The molecule has 0 unspecified atom stereocenters. The van der Waals surface area contributed by atoms with E-state index in [2.05, 4.69) is 27.4 Å². The first-order chi connectivity index (χ1) is 13.6. The first kappa shape index (κ1) is 19.7. The van der Waals surface area contributed by atoms with Crippen molar-refractivity contribution in [1.82, 2.24) is 9.97 Å². The Kier molecular flexibility index (Phi) is 6.49. The highest BCUT2D eigenvalue weighted by atomic mass is 32.2. The molecule has 1 aromatic heterocycles. The van der Waals surface area contributed by atoms with Crippen molar-refractivity contribution >= 4 is 29.3 Å². The molecule has 0 radical (unpaired) electrons. The van der Waals surface area contributed by atoms with E-state index in [1.165, 1.54) is 24.4 Å². The molecule has 2 N–H and O–H groups in total. The second-order valence-corrected chi connectivity index (χ2v) is 7.11. The molecule has 0 aliphatic heterocycles. The van der Waals surface area contributed by atoms with Crippen molar-refractivity contribution in [3.05, 3.63) is 77.1 Å². The smallest absolute Gasteiger partial charge is 0.339 e. The van der Waals surface area contributed by atoms with Gasteiger partial charge < -0.3 is 15.0 Å². The normalized spacial score (nSPS) is 10.5. The minimum Gasteiger partial charge on any atom is -0.465 e. The third kappa shape index (κ3) is 5.01. The summed E-state index contributed by atoms with van der Waals surface area (Å²) in [4.78, 5) is 31.9. The van der Waals surface area contributed by atoms with Gasteiger partial charge in [-0.15, -0.1) is 0 Å². The number of ether oxygens (including phenoxy) is 1. The minimum atomic E-state index is -0.490. The largest absolute Gasteiger partial charge is 0.465 e. The number of para-hydroxylation sites is 1. The van der Waals surface area contributed by atoms with Crippen LogP contribution < -0.4 is 5.32 Å². The van der Waals surface area contributed by atoms with Crippen LogP contribution >= 0.6 is 11.8 Å². The van der Waals surface area contributed by atoms with Gasteiger partial charge in [0, 0.05) is 12.1 Å². The molecule has 0 spiro atoms. The van der Waals surface area contributed by atoms with Crippen molar-refractivity contribution in [3.8, 4) is 0 Å². The van der Waals surface area contributed by atoms with E-state index in [0.29, 0.717) is 16.4 Å². The molecule has 0 aliphatic rings. The minimum absolute atomic E-state index is 0.174. The molecule has 0 bridgehead atoms. The fourth-order valence-corrected chi connectivity index (χ4v) is 3.44. The molecule has 0 aliphatic carbocycles. The number of anilines is 1. The summed E-state index contributed by atoms with van der Waals surface area (Å²) in [7, 11) is 1.31. The van der Waals surface area contributed by atoms with Crippen LogP contribution in [0.5, 0.6) is 0 Å². The summed E-state index contributed by atoms with van der Waals surface area (Å²) in [5.41, 5.74) is 3.89. The fourth-order valence-electron chi connectivity index (χ4n) is 2.70. The predicted molar refractivity (Wildman–Crippen MR) is 110 cm³/mol. The van der Waals surface area contributed by atoms with E-state index < -0.39 is 5.97 Å². The molecule has 3 rings (SSSR count). The number of rotatable bonds is 7. The van der Waals surface area contributed by atoms with Crippen molar-refractivity contribution in [2.24, 2.45) is 0 Å². The predicted octanol–water partition coefficient (Wildman–Crippen LogP) is 3.83. The maximum absolute atomic E-state index is 12.3. The zero-order valence-corrected chi connectivity index (χ0v) is 16.5. The maximum Gasteiger partial charge on any atom is 0.339 e. The number of nitrogens with one attached hydrogen (secondary N) is 2. The lowest BCUT2D eigenvalue weighted by Crippen LogP contribution is -2.17. The quantitative estimate of drug-likeness (QED) is 0.469. The number of aromatic amines is 1. The van der Waals surface area contributed by atoms with Gasteiger partial charge in [0.25, 0.3) is 0 Å². The van der Waals surface area contributed by atoms with Crippen LogP contribution in [0, 0.1) is 6.92 Å². The lowest BCUT2D eigenvalue weighted by atomic mass is 10.1. The Hall–Kier alpha value is -3.06. The molecule has 144 valence electrons. The van der Waals surface area contributed by atoms with Crippen LogP contribution in [0.2, 0.25) is 0 Å². The van der Waals surface area contributed by atoms with Gasteiger partial charge in [0.2, 0.25) is 5.91 Å². The zero-order chi connectivity index (χ0) is 19.9. The van der Waals surface area contributed by atoms with Crippen LogP contribution in [0.1, 0.15) is 27.3 Å². The average molecular weight is 395 g/mol. The van der Waals surface area contributed by atoms with Gasteiger partial charge in [-0.25, -0.2) is 9.78 Å². The van der Waals surface area contributed by atoms with Gasteiger partial charge in [0.15, 0.2) is 5.16 Å². The highest BCUT2D eigenvalue weighted by Gasteiger charge is 2.14. The van der Waals surface area contributed by atoms with E-state index in [1.807, 2.05) is 25.1 Å². The Bertz CT molecular complexity index is 970. The molecule has 0 saturated heterocycles. The van der Waals surface area contributed by atoms with Crippen molar-refractivity contribution in [3.63, 3.8) is 0 Å². The van der Waals surface area contributed by atoms with Crippen molar-refractivity contribution in [2.75, 3.05) is 18.2 Å². The second-order valence-electron chi connectivity index (χ2n) is 6.15. The number of esters is 1. The van der Waals surface area contributed by atoms with Crippen LogP contribution in [0.3, 0.4) is 0 Å². The molecule has 0 fully saturated rings. The van der Waals surface area contributed by atoms with Crippen LogP contribution in [-0.2, 0) is 16.0 Å². The molecule has 28 heavy (non-hydrogen) atoms. The van der Waals surface area contributed by atoms with Gasteiger partial charge in [0.05, 0.1) is 29.8 Å². The van der Waals surface area contributed by atoms with Crippen LogP contribution in [-0.4, -0.2) is 34.7 Å². The van der Waals surface area contributed by atoms with Gasteiger partial charge in [-0.05, 0) is 24.6 Å². The number of carbonyl (C=O) groups excluding carboxylic acids is 2. The first-order valence-electron chi connectivity index (χ1n) is 8.76. The first-order valence-corrected chi connectivity index (χ1v) is 9.74. The highest BCUT2D eigenvalue weighted by molar-refractivity contribution is 7.99. The summed E-state index contributed by atoms with van der Waals surface area (Å²) in [5, 5.41) is 3.45. The van der Waals surface area contributed by atoms with Gasteiger partial charge in [-0.1, -0.05) is 54.2 Å². The average Bonchev–Trinajstić information content (AvgIpc) is 3.06. The van der Waals surface area contributed by atoms with Gasteiger partial charge >= 0.3 is 5.97 Å². The third-order valence-electron chi connectivity index (χ3n) is 4.12. The zero-order valence-electron chi connectivity index (χ0n) is 15.7. The Morgan fingerprint density at radius 1 is 1.11 bits per heavy atom. The van der Waals surface area contributed by atoms with E-state index in [1.54, 1.807) is 24.3 Å². The highest BCUT2D eigenvalue weighted by Crippen LogP contribution is 2.20. The monoisotopic (exact) mass is 395 g/mol. The summed E-state index contributed by atoms with van der Waals surface area (Å²) >= 11 is 1.32. The summed E-state index contributed by atoms with van der Waals surface area (Å²) in [6.45, 7) is 1.97. The molecule has 2 aromatic carbocycles. The Labute approximate surface area is 167 Å².